The Labute approximate surface area is 115 Å². The van der Waals surface area contributed by atoms with Crippen LogP contribution < -0.4 is 5.73 Å². The number of benzene rings is 1. The zero-order valence-corrected chi connectivity index (χ0v) is 11.7. The molecule has 0 aliphatic carbocycles. The van der Waals surface area contributed by atoms with Gasteiger partial charge in [0.15, 0.2) is 17.5 Å². The van der Waals surface area contributed by atoms with Crippen molar-refractivity contribution in [3.8, 4) is 0 Å². The predicted molar refractivity (Wildman–Crippen MR) is 72.9 cm³/mol. The molecule has 0 atom stereocenters. The highest BCUT2D eigenvalue weighted by Crippen LogP contribution is 2.29. The van der Waals surface area contributed by atoms with Crippen LogP contribution in [-0.2, 0) is 6.42 Å². The molecule has 0 bridgehead atoms. The molecule has 108 valence electrons. The Hall–Kier alpha value is -1.62. The van der Waals surface area contributed by atoms with Gasteiger partial charge in [-0.1, -0.05) is 13.8 Å². The molecule has 1 aromatic heterocycles. The van der Waals surface area contributed by atoms with Crippen LogP contribution in [0, 0.1) is 29.8 Å². The van der Waals surface area contributed by atoms with Gasteiger partial charge in [-0.15, -0.1) is 0 Å². The number of aromatic nitrogens is 1. The van der Waals surface area contributed by atoms with E-state index >= 15 is 0 Å². The highest BCUT2D eigenvalue weighted by Gasteiger charge is 2.21. The van der Waals surface area contributed by atoms with E-state index in [2.05, 4.69) is 4.98 Å². The molecule has 0 amide bonds. The van der Waals surface area contributed by atoms with Gasteiger partial charge in [0.1, 0.15) is 5.52 Å². The fourth-order valence-electron chi connectivity index (χ4n) is 2.21. The lowest BCUT2D eigenvalue weighted by atomic mass is 9.84. The fourth-order valence-corrected chi connectivity index (χ4v) is 2.21. The van der Waals surface area contributed by atoms with Crippen LogP contribution in [-0.4, -0.2) is 11.5 Å². The molecule has 2 aromatic rings. The lowest BCUT2D eigenvalue weighted by Gasteiger charge is -2.23. The molecule has 0 aliphatic heterocycles. The highest BCUT2D eigenvalue weighted by atomic mass is 19.2. The molecular weight excluding hydrogens is 265 g/mol. The molecular formula is C15H17F3N2. The summed E-state index contributed by atoms with van der Waals surface area (Å²) in [5.41, 5.74) is 6.63. The standard InChI is InChI=1S/C15H17F3N2/c1-8-4-9(6-15(2,3)7-19)10-5-11(16)12(17)13(18)14(10)20-8/h4-5H,6-7,19H2,1-3H3. The molecule has 2 nitrogen and oxygen atoms in total. The van der Waals surface area contributed by atoms with E-state index in [1.165, 1.54) is 0 Å². The Bertz CT molecular complexity index is 666. The molecule has 0 radical (unpaired) electrons. The van der Waals surface area contributed by atoms with Crippen LogP contribution in [0.3, 0.4) is 0 Å². The molecule has 2 N–H and O–H groups in total. The van der Waals surface area contributed by atoms with Crippen LogP contribution in [0.4, 0.5) is 13.2 Å². The minimum Gasteiger partial charge on any atom is -0.330 e. The van der Waals surface area contributed by atoms with Crippen LogP contribution >= 0.6 is 0 Å². The number of nitrogens with two attached hydrogens (primary N) is 1. The monoisotopic (exact) mass is 282 g/mol. The average Bonchev–Trinajstić information content (AvgIpc) is 2.37. The number of halogens is 3. The second kappa shape index (κ2) is 5.05. The summed E-state index contributed by atoms with van der Waals surface area (Å²) >= 11 is 0. The van der Waals surface area contributed by atoms with Crippen LogP contribution in [0.5, 0.6) is 0 Å². The van der Waals surface area contributed by atoms with Gasteiger partial charge in [-0.05, 0) is 43.0 Å². The fraction of sp³-hybridized carbons (Fsp3) is 0.400. The minimum absolute atomic E-state index is 0.133. The number of pyridine rings is 1. The van der Waals surface area contributed by atoms with Crippen molar-refractivity contribution >= 4 is 10.9 Å². The van der Waals surface area contributed by atoms with Crippen molar-refractivity contribution in [3.05, 3.63) is 40.8 Å². The van der Waals surface area contributed by atoms with E-state index in [4.69, 9.17) is 5.73 Å². The molecule has 5 heteroatoms. The molecule has 1 heterocycles. The van der Waals surface area contributed by atoms with Crippen LogP contribution in [0.15, 0.2) is 12.1 Å². The maximum Gasteiger partial charge on any atom is 0.196 e. The van der Waals surface area contributed by atoms with Gasteiger partial charge >= 0.3 is 0 Å². The summed E-state index contributed by atoms with van der Waals surface area (Å²) in [4.78, 5) is 3.98. The van der Waals surface area contributed by atoms with Crippen molar-refractivity contribution in [3.63, 3.8) is 0 Å². The Morgan fingerprint density at radius 1 is 1.15 bits per heavy atom. The first-order valence-electron chi connectivity index (χ1n) is 6.39. The Kier molecular flexibility index (Phi) is 3.73. The van der Waals surface area contributed by atoms with E-state index in [1.54, 1.807) is 13.0 Å². The third kappa shape index (κ3) is 2.63. The van der Waals surface area contributed by atoms with Gasteiger partial charge in [0.25, 0.3) is 0 Å². The van der Waals surface area contributed by atoms with Crippen LogP contribution in [0.2, 0.25) is 0 Å². The first-order chi connectivity index (χ1) is 9.25. The second-order valence-electron chi connectivity index (χ2n) is 5.85. The van der Waals surface area contributed by atoms with Gasteiger partial charge in [0.2, 0.25) is 0 Å². The Morgan fingerprint density at radius 2 is 1.80 bits per heavy atom. The Morgan fingerprint density at radius 3 is 2.40 bits per heavy atom. The first kappa shape index (κ1) is 14.8. The van der Waals surface area contributed by atoms with Crippen molar-refractivity contribution in [2.24, 2.45) is 11.1 Å². The van der Waals surface area contributed by atoms with Gasteiger partial charge < -0.3 is 5.73 Å². The lowest BCUT2D eigenvalue weighted by molar-refractivity contribution is 0.377. The van der Waals surface area contributed by atoms with Crippen molar-refractivity contribution in [1.29, 1.82) is 0 Å². The van der Waals surface area contributed by atoms with Crippen molar-refractivity contribution in [1.82, 2.24) is 4.98 Å². The normalized spacial score (nSPS) is 12.2. The molecule has 1 aromatic carbocycles. The Balaban J connectivity index is 2.72. The van der Waals surface area contributed by atoms with Gasteiger partial charge in [-0.3, -0.25) is 0 Å². The minimum atomic E-state index is -1.49. The summed E-state index contributed by atoms with van der Waals surface area (Å²) in [5, 5.41) is 0.300. The quantitative estimate of drug-likeness (QED) is 0.875. The largest absolute Gasteiger partial charge is 0.330 e. The van der Waals surface area contributed by atoms with Crippen LogP contribution in [0.1, 0.15) is 25.1 Å². The topological polar surface area (TPSA) is 38.9 Å². The second-order valence-corrected chi connectivity index (χ2v) is 5.85. The SMILES string of the molecule is Cc1cc(CC(C)(C)CN)c2cc(F)c(F)c(F)c2n1. The summed E-state index contributed by atoms with van der Waals surface area (Å²) in [7, 11) is 0. The molecule has 0 aliphatic rings. The third-order valence-electron chi connectivity index (χ3n) is 3.38. The predicted octanol–water partition coefficient (Wildman–Crippen LogP) is 3.49. The van der Waals surface area contributed by atoms with E-state index in [1.807, 2.05) is 13.8 Å². The van der Waals surface area contributed by atoms with Gasteiger partial charge in [-0.2, -0.15) is 0 Å². The van der Waals surface area contributed by atoms with E-state index in [-0.39, 0.29) is 10.9 Å². The van der Waals surface area contributed by atoms with Gasteiger partial charge in [-0.25, -0.2) is 18.2 Å². The number of hydrogen-bond donors (Lipinski definition) is 1. The highest BCUT2D eigenvalue weighted by molar-refractivity contribution is 5.83. The number of hydrogen-bond acceptors (Lipinski definition) is 2. The summed E-state index contributed by atoms with van der Waals surface area (Å²) in [5.74, 6) is -3.93. The van der Waals surface area contributed by atoms with Crippen molar-refractivity contribution in [2.75, 3.05) is 6.54 Å². The maximum atomic E-state index is 13.8. The lowest BCUT2D eigenvalue weighted by Crippen LogP contribution is -2.26. The zero-order chi connectivity index (χ0) is 15.1. The number of nitrogens with zero attached hydrogens (tertiary/aromatic N) is 1. The molecule has 0 unspecified atom stereocenters. The molecule has 0 spiro atoms. The van der Waals surface area contributed by atoms with Gasteiger partial charge in [0, 0.05) is 11.1 Å². The summed E-state index contributed by atoms with van der Waals surface area (Å²) in [6, 6.07) is 2.76. The van der Waals surface area contributed by atoms with E-state index < -0.39 is 17.5 Å². The zero-order valence-electron chi connectivity index (χ0n) is 11.7. The molecule has 2 rings (SSSR count). The summed E-state index contributed by atoms with van der Waals surface area (Å²) in [6.45, 7) is 6.05. The third-order valence-corrected chi connectivity index (χ3v) is 3.38. The molecule has 0 saturated heterocycles. The smallest absolute Gasteiger partial charge is 0.196 e. The molecule has 0 saturated carbocycles. The number of rotatable bonds is 3. The summed E-state index contributed by atoms with van der Waals surface area (Å²) < 4.78 is 40.6. The van der Waals surface area contributed by atoms with E-state index in [0.29, 0.717) is 24.0 Å². The van der Waals surface area contributed by atoms with Crippen molar-refractivity contribution < 1.29 is 13.2 Å². The van der Waals surface area contributed by atoms with E-state index in [0.717, 1.165) is 11.6 Å². The van der Waals surface area contributed by atoms with Gasteiger partial charge in [0.05, 0.1) is 0 Å². The number of fused-ring (bicyclic) bond motifs is 1. The number of aryl methyl sites for hydroxylation is 1. The summed E-state index contributed by atoms with van der Waals surface area (Å²) in [6.07, 6.45) is 0.536. The van der Waals surface area contributed by atoms with Crippen LogP contribution in [0.25, 0.3) is 10.9 Å². The first-order valence-corrected chi connectivity index (χ1v) is 6.39. The molecule has 0 fully saturated rings. The van der Waals surface area contributed by atoms with E-state index in [9.17, 15) is 13.2 Å². The molecule has 20 heavy (non-hydrogen) atoms. The maximum absolute atomic E-state index is 13.8. The average molecular weight is 282 g/mol. The van der Waals surface area contributed by atoms with Crippen molar-refractivity contribution in [2.45, 2.75) is 27.2 Å².